The Kier molecular flexibility index (Phi) is 6.73. The van der Waals surface area contributed by atoms with Crippen LogP contribution in [0.1, 0.15) is 32.3 Å². The Labute approximate surface area is 163 Å². The third kappa shape index (κ3) is 4.94. The SMILES string of the molecule is COC(=O)c1cccc(C(=O)NCC(c2ccc(F)cc2)N2CCOCC2)c1. The normalized spacial score (nSPS) is 15.6. The number of esters is 1. The molecule has 1 N–H and O–H groups in total. The molecule has 1 aliphatic rings. The molecule has 2 aromatic carbocycles. The summed E-state index contributed by atoms with van der Waals surface area (Å²) < 4.78 is 23.4. The highest BCUT2D eigenvalue weighted by Gasteiger charge is 2.23. The van der Waals surface area contributed by atoms with Crippen molar-refractivity contribution < 1.29 is 23.5 Å². The molecule has 1 fully saturated rings. The second-order valence-electron chi connectivity index (χ2n) is 6.50. The summed E-state index contributed by atoms with van der Waals surface area (Å²) in [6.45, 7) is 3.05. The minimum absolute atomic E-state index is 0.0998. The maximum Gasteiger partial charge on any atom is 0.337 e. The van der Waals surface area contributed by atoms with E-state index in [-0.39, 0.29) is 17.8 Å². The van der Waals surface area contributed by atoms with Crippen LogP contribution in [0.5, 0.6) is 0 Å². The summed E-state index contributed by atoms with van der Waals surface area (Å²) >= 11 is 0. The first kappa shape index (κ1) is 20.0. The molecule has 1 aliphatic heterocycles. The molecule has 2 aromatic rings. The van der Waals surface area contributed by atoms with Crippen molar-refractivity contribution in [2.45, 2.75) is 6.04 Å². The van der Waals surface area contributed by atoms with E-state index in [9.17, 15) is 14.0 Å². The quantitative estimate of drug-likeness (QED) is 0.773. The van der Waals surface area contributed by atoms with Gasteiger partial charge in [0.05, 0.1) is 31.9 Å². The van der Waals surface area contributed by atoms with E-state index >= 15 is 0 Å². The van der Waals surface area contributed by atoms with Crippen LogP contribution in [0.25, 0.3) is 0 Å². The molecule has 28 heavy (non-hydrogen) atoms. The van der Waals surface area contributed by atoms with Gasteiger partial charge in [-0.2, -0.15) is 0 Å². The molecule has 3 rings (SSSR count). The lowest BCUT2D eigenvalue weighted by Gasteiger charge is -2.35. The molecule has 1 atom stereocenters. The van der Waals surface area contributed by atoms with Crippen molar-refractivity contribution in [2.75, 3.05) is 40.0 Å². The van der Waals surface area contributed by atoms with Gasteiger partial charge in [0.2, 0.25) is 0 Å². The van der Waals surface area contributed by atoms with Gasteiger partial charge in [0, 0.05) is 25.2 Å². The summed E-state index contributed by atoms with van der Waals surface area (Å²) in [7, 11) is 1.30. The Hall–Kier alpha value is -2.77. The summed E-state index contributed by atoms with van der Waals surface area (Å²) in [4.78, 5) is 26.5. The van der Waals surface area contributed by atoms with Crippen LogP contribution in [0.3, 0.4) is 0 Å². The van der Waals surface area contributed by atoms with E-state index < -0.39 is 5.97 Å². The van der Waals surface area contributed by atoms with Crippen molar-refractivity contribution >= 4 is 11.9 Å². The Bertz CT molecular complexity index is 819. The fourth-order valence-electron chi connectivity index (χ4n) is 3.23. The summed E-state index contributed by atoms with van der Waals surface area (Å²) in [6, 6.07) is 12.6. The van der Waals surface area contributed by atoms with Gasteiger partial charge in [0.25, 0.3) is 5.91 Å². The third-order valence-corrected chi connectivity index (χ3v) is 4.74. The Morgan fingerprint density at radius 2 is 1.82 bits per heavy atom. The predicted octanol–water partition coefficient (Wildman–Crippen LogP) is 2.42. The van der Waals surface area contributed by atoms with Gasteiger partial charge in [-0.3, -0.25) is 9.69 Å². The maximum atomic E-state index is 13.3. The van der Waals surface area contributed by atoms with E-state index in [1.165, 1.54) is 25.3 Å². The predicted molar refractivity (Wildman–Crippen MR) is 102 cm³/mol. The zero-order chi connectivity index (χ0) is 19.9. The van der Waals surface area contributed by atoms with Crippen LogP contribution in [0, 0.1) is 5.82 Å². The zero-order valence-electron chi connectivity index (χ0n) is 15.7. The first-order valence-corrected chi connectivity index (χ1v) is 9.12. The Morgan fingerprint density at radius 1 is 1.14 bits per heavy atom. The van der Waals surface area contributed by atoms with E-state index in [1.54, 1.807) is 30.3 Å². The molecule has 1 unspecified atom stereocenters. The van der Waals surface area contributed by atoms with E-state index in [0.717, 1.165) is 18.7 Å². The molecule has 0 aliphatic carbocycles. The number of amides is 1. The first-order valence-electron chi connectivity index (χ1n) is 9.12. The fraction of sp³-hybridized carbons (Fsp3) is 0.333. The van der Waals surface area contributed by atoms with Crippen LogP contribution in [0.4, 0.5) is 4.39 Å². The van der Waals surface area contributed by atoms with Crippen LogP contribution < -0.4 is 5.32 Å². The van der Waals surface area contributed by atoms with Gasteiger partial charge in [-0.05, 0) is 35.9 Å². The van der Waals surface area contributed by atoms with Crippen molar-refractivity contribution in [1.29, 1.82) is 0 Å². The smallest absolute Gasteiger partial charge is 0.337 e. The van der Waals surface area contributed by atoms with Gasteiger partial charge in [0.1, 0.15) is 5.82 Å². The monoisotopic (exact) mass is 386 g/mol. The summed E-state index contributed by atoms with van der Waals surface area (Å²) in [5.74, 6) is -1.08. The van der Waals surface area contributed by atoms with Crippen LogP contribution in [-0.2, 0) is 9.47 Å². The van der Waals surface area contributed by atoms with Crippen LogP contribution in [0.15, 0.2) is 48.5 Å². The first-order chi connectivity index (χ1) is 13.6. The second-order valence-corrected chi connectivity index (χ2v) is 6.50. The molecular formula is C21H23FN2O4. The number of nitrogens with one attached hydrogen (secondary N) is 1. The number of hydrogen-bond donors (Lipinski definition) is 1. The zero-order valence-corrected chi connectivity index (χ0v) is 15.7. The number of hydrogen-bond acceptors (Lipinski definition) is 5. The molecule has 0 spiro atoms. The fourth-order valence-corrected chi connectivity index (χ4v) is 3.23. The average Bonchev–Trinajstić information content (AvgIpc) is 2.75. The van der Waals surface area contributed by atoms with Crippen LogP contribution >= 0.6 is 0 Å². The van der Waals surface area contributed by atoms with E-state index in [0.29, 0.717) is 30.9 Å². The van der Waals surface area contributed by atoms with Gasteiger partial charge >= 0.3 is 5.97 Å². The lowest BCUT2D eigenvalue weighted by atomic mass is 10.0. The largest absolute Gasteiger partial charge is 0.465 e. The number of carbonyl (C=O) groups is 2. The number of methoxy groups -OCH3 is 1. The van der Waals surface area contributed by atoms with Gasteiger partial charge in [-0.25, -0.2) is 9.18 Å². The van der Waals surface area contributed by atoms with Crippen molar-refractivity contribution in [3.63, 3.8) is 0 Å². The standard InChI is InChI=1S/C21H23FN2O4/c1-27-21(26)17-4-2-3-16(13-17)20(25)23-14-19(24-9-11-28-12-10-24)15-5-7-18(22)8-6-15/h2-8,13,19H,9-12,14H2,1H3,(H,23,25). The number of morpholine rings is 1. The minimum Gasteiger partial charge on any atom is -0.465 e. The average molecular weight is 386 g/mol. The van der Waals surface area contributed by atoms with E-state index in [4.69, 9.17) is 9.47 Å². The second kappa shape index (κ2) is 9.43. The highest BCUT2D eigenvalue weighted by atomic mass is 19.1. The highest BCUT2D eigenvalue weighted by Crippen LogP contribution is 2.22. The van der Waals surface area contributed by atoms with Crippen molar-refractivity contribution in [3.05, 3.63) is 71.0 Å². The molecular weight excluding hydrogens is 363 g/mol. The van der Waals surface area contributed by atoms with Crippen LogP contribution in [-0.4, -0.2) is 56.7 Å². The minimum atomic E-state index is -0.493. The summed E-state index contributed by atoms with van der Waals surface area (Å²) in [5, 5.41) is 2.93. The Morgan fingerprint density at radius 3 is 2.50 bits per heavy atom. The van der Waals surface area contributed by atoms with Gasteiger partial charge in [-0.15, -0.1) is 0 Å². The molecule has 1 heterocycles. The van der Waals surface area contributed by atoms with Gasteiger partial charge in [0.15, 0.2) is 0 Å². The van der Waals surface area contributed by atoms with Crippen molar-refractivity contribution in [3.8, 4) is 0 Å². The third-order valence-electron chi connectivity index (χ3n) is 4.74. The molecule has 0 saturated carbocycles. The van der Waals surface area contributed by atoms with Crippen LogP contribution in [0.2, 0.25) is 0 Å². The molecule has 6 nitrogen and oxygen atoms in total. The summed E-state index contributed by atoms with van der Waals surface area (Å²) in [6.07, 6.45) is 0. The highest BCUT2D eigenvalue weighted by molar-refractivity contribution is 5.97. The van der Waals surface area contributed by atoms with Crippen molar-refractivity contribution in [2.24, 2.45) is 0 Å². The van der Waals surface area contributed by atoms with Gasteiger partial charge < -0.3 is 14.8 Å². The maximum absolute atomic E-state index is 13.3. The Balaban J connectivity index is 1.73. The number of rotatable bonds is 6. The lowest BCUT2D eigenvalue weighted by Crippen LogP contribution is -2.43. The number of ether oxygens (including phenoxy) is 2. The number of halogens is 1. The number of nitrogens with zero attached hydrogens (tertiary/aromatic N) is 1. The molecule has 7 heteroatoms. The lowest BCUT2D eigenvalue weighted by molar-refractivity contribution is 0.0162. The number of benzene rings is 2. The summed E-state index contributed by atoms with van der Waals surface area (Å²) in [5.41, 5.74) is 1.62. The van der Waals surface area contributed by atoms with Crippen molar-refractivity contribution in [1.82, 2.24) is 10.2 Å². The van der Waals surface area contributed by atoms with E-state index in [1.807, 2.05) is 0 Å². The molecule has 1 amide bonds. The molecule has 148 valence electrons. The molecule has 0 radical (unpaired) electrons. The molecule has 0 aromatic heterocycles. The number of carbonyl (C=O) groups excluding carboxylic acids is 2. The van der Waals surface area contributed by atoms with E-state index in [2.05, 4.69) is 10.2 Å². The van der Waals surface area contributed by atoms with Gasteiger partial charge in [-0.1, -0.05) is 18.2 Å². The topological polar surface area (TPSA) is 67.9 Å². The molecule has 1 saturated heterocycles. The molecule has 0 bridgehead atoms.